The van der Waals surface area contributed by atoms with Crippen molar-refractivity contribution in [2.24, 2.45) is 5.92 Å². The SMILES string of the molecule is CCOC(=O)[C@@H]1[C@@H](C(=O)OC)[C@@]2(C(=O)N(Cc3ccccc3)c3ccccc32)[C@@H](c2ccccc2)N1c1cccc(F)c1. The van der Waals surface area contributed by atoms with Crippen molar-refractivity contribution in [3.8, 4) is 0 Å². The van der Waals surface area contributed by atoms with Gasteiger partial charge < -0.3 is 19.3 Å². The van der Waals surface area contributed by atoms with Gasteiger partial charge in [0.1, 0.15) is 23.2 Å². The summed E-state index contributed by atoms with van der Waals surface area (Å²) in [5, 5.41) is 0. The molecule has 0 unspecified atom stereocenters. The van der Waals surface area contributed by atoms with Crippen LogP contribution < -0.4 is 9.80 Å². The predicted molar refractivity (Wildman–Crippen MR) is 160 cm³/mol. The van der Waals surface area contributed by atoms with Crippen molar-refractivity contribution < 1.29 is 28.2 Å². The second-order valence-corrected chi connectivity index (χ2v) is 10.7. The molecule has 218 valence electrons. The molecule has 0 aliphatic carbocycles. The smallest absolute Gasteiger partial charge is 0.329 e. The van der Waals surface area contributed by atoms with Crippen molar-refractivity contribution in [2.45, 2.75) is 31.0 Å². The van der Waals surface area contributed by atoms with E-state index in [-0.39, 0.29) is 19.1 Å². The minimum Gasteiger partial charge on any atom is -0.469 e. The molecule has 1 spiro atoms. The molecule has 2 heterocycles. The average Bonchev–Trinajstić information content (AvgIpc) is 3.48. The van der Waals surface area contributed by atoms with Crippen LogP contribution in [0.4, 0.5) is 15.8 Å². The van der Waals surface area contributed by atoms with E-state index in [0.29, 0.717) is 22.5 Å². The lowest BCUT2D eigenvalue weighted by atomic mass is 9.65. The number of methoxy groups -OCH3 is 1. The van der Waals surface area contributed by atoms with E-state index in [1.807, 2.05) is 84.9 Å². The summed E-state index contributed by atoms with van der Waals surface area (Å²) < 4.78 is 25.8. The number of esters is 2. The Morgan fingerprint density at radius 2 is 1.53 bits per heavy atom. The fourth-order valence-corrected chi connectivity index (χ4v) is 6.88. The fraction of sp³-hybridized carbons (Fsp3) is 0.229. The predicted octanol–water partition coefficient (Wildman–Crippen LogP) is 5.59. The Kier molecular flexibility index (Phi) is 7.44. The molecule has 0 saturated carbocycles. The molecule has 7 nitrogen and oxygen atoms in total. The molecule has 0 bridgehead atoms. The molecule has 6 rings (SSSR count). The lowest BCUT2D eigenvalue weighted by Gasteiger charge is -2.37. The van der Waals surface area contributed by atoms with E-state index < -0.39 is 41.2 Å². The van der Waals surface area contributed by atoms with Gasteiger partial charge in [0.15, 0.2) is 0 Å². The first kappa shape index (κ1) is 28.2. The monoisotopic (exact) mass is 578 g/mol. The summed E-state index contributed by atoms with van der Waals surface area (Å²) in [5.41, 5.74) is 1.52. The van der Waals surface area contributed by atoms with Crippen LogP contribution in [-0.2, 0) is 35.8 Å². The van der Waals surface area contributed by atoms with Crippen LogP contribution in [0.1, 0.15) is 29.7 Å². The molecule has 4 aromatic rings. The Hall–Kier alpha value is -4.98. The highest BCUT2D eigenvalue weighted by atomic mass is 19.1. The Balaban J connectivity index is 1.69. The van der Waals surface area contributed by atoms with Crippen LogP contribution in [-0.4, -0.2) is 37.6 Å². The molecule has 2 aliphatic rings. The van der Waals surface area contributed by atoms with Gasteiger partial charge in [0.25, 0.3) is 0 Å². The third-order valence-corrected chi connectivity index (χ3v) is 8.44. The number of anilines is 2. The average molecular weight is 579 g/mol. The number of benzene rings is 4. The maximum atomic E-state index is 15.2. The van der Waals surface area contributed by atoms with Gasteiger partial charge in [0, 0.05) is 11.4 Å². The van der Waals surface area contributed by atoms with Gasteiger partial charge in [-0.2, -0.15) is 0 Å². The summed E-state index contributed by atoms with van der Waals surface area (Å²) in [7, 11) is 1.24. The van der Waals surface area contributed by atoms with Gasteiger partial charge in [-0.1, -0.05) is 84.9 Å². The van der Waals surface area contributed by atoms with E-state index >= 15 is 4.79 Å². The number of hydrogen-bond donors (Lipinski definition) is 0. The molecule has 1 saturated heterocycles. The van der Waals surface area contributed by atoms with Gasteiger partial charge in [0.05, 0.1) is 26.3 Å². The van der Waals surface area contributed by atoms with Crippen molar-refractivity contribution in [2.75, 3.05) is 23.5 Å². The van der Waals surface area contributed by atoms with Gasteiger partial charge in [-0.25, -0.2) is 9.18 Å². The molecule has 4 aromatic carbocycles. The second kappa shape index (κ2) is 11.4. The summed E-state index contributed by atoms with van der Waals surface area (Å²) in [5.74, 6) is -3.63. The first-order chi connectivity index (χ1) is 20.9. The number of halogens is 1. The van der Waals surface area contributed by atoms with E-state index in [2.05, 4.69) is 0 Å². The van der Waals surface area contributed by atoms with Crippen LogP contribution in [0, 0.1) is 11.7 Å². The minimum atomic E-state index is -1.62. The summed E-state index contributed by atoms with van der Waals surface area (Å²) in [6.45, 7) is 1.97. The molecular formula is C35H31FN2O5. The zero-order valence-electron chi connectivity index (χ0n) is 23.9. The maximum absolute atomic E-state index is 15.2. The molecule has 8 heteroatoms. The third kappa shape index (κ3) is 4.45. The van der Waals surface area contributed by atoms with Crippen molar-refractivity contribution in [1.29, 1.82) is 0 Å². The van der Waals surface area contributed by atoms with E-state index in [1.54, 1.807) is 28.9 Å². The van der Waals surface area contributed by atoms with Crippen LogP contribution in [0.3, 0.4) is 0 Å². The molecule has 4 atom stereocenters. The number of hydrogen-bond acceptors (Lipinski definition) is 6. The number of amides is 1. The van der Waals surface area contributed by atoms with Gasteiger partial charge in [-0.05, 0) is 47.9 Å². The van der Waals surface area contributed by atoms with Crippen LogP contribution in [0.15, 0.2) is 109 Å². The molecule has 0 aromatic heterocycles. The summed E-state index contributed by atoms with van der Waals surface area (Å²) >= 11 is 0. The van der Waals surface area contributed by atoms with Crippen molar-refractivity contribution in [1.82, 2.24) is 0 Å². The highest BCUT2D eigenvalue weighted by molar-refractivity contribution is 6.13. The van der Waals surface area contributed by atoms with Gasteiger partial charge in [0.2, 0.25) is 5.91 Å². The number of rotatable bonds is 7. The quantitative estimate of drug-likeness (QED) is 0.266. The molecule has 2 aliphatic heterocycles. The lowest BCUT2D eigenvalue weighted by molar-refractivity contribution is -0.157. The van der Waals surface area contributed by atoms with E-state index in [1.165, 1.54) is 19.2 Å². The maximum Gasteiger partial charge on any atom is 0.329 e. The molecule has 0 radical (unpaired) electrons. The Morgan fingerprint density at radius 3 is 2.21 bits per heavy atom. The molecule has 0 N–H and O–H groups in total. The normalized spacial score (nSPS) is 22.5. The number of nitrogens with zero attached hydrogens (tertiary/aromatic N) is 2. The van der Waals surface area contributed by atoms with E-state index in [4.69, 9.17) is 9.47 Å². The van der Waals surface area contributed by atoms with Crippen LogP contribution >= 0.6 is 0 Å². The molecular weight excluding hydrogens is 547 g/mol. The third-order valence-electron chi connectivity index (χ3n) is 8.44. The first-order valence-electron chi connectivity index (χ1n) is 14.2. The van der Waals surface area contributed by atoms with Crippen molar-refractivity contribution >= 4 is 29.2 Å². The van der Waals surface area contributed by atoms with E-state index in [9.17, 15) is 14.0 Å². The fourth-order valence-electron chi connectivity index (χ4n) is 6.88. The topological polar surface area (TPSA) is 76.2 Å². The van der Waals surface area contributed by atoms with Crippen molar-refractivity contribution in [3.63, 3.8) is 0 Å². The number of carbonyl (C=O) groups excluding carboxylic acids is 3. The first-order valence-corrected chi connectivity index (χ1v) is 14.2. The number of para-hydroxylation sites is 1. The van der Waals surface area contributed by atoms with Crippen LogP contribution in [0.2, 0.25) is 0 Å². The summed E-state index contributed by atoms with van der Waals surface area (Å²) in [6.07, 6.45) is 0. The zero-order valence-corrected chi connectivity index (χ0v) is 23.9. The molecule has 1 fully saturated rings. The Morgan fingerprint density at radius 1 is 0.860 bits per heavy atom. The van der Waals surface area contributed by atoms with Crippen LogP contribution in [0.5, 0.6) is 0 Å². The molecule has 43 heavy (non-hydrogen) atoms. The summed E-state index contributed by atoms with van der Waals surface area (Å²) in [4.78, 5) is 46.6. The van der Waals surface area contributed by atoms with E-state index in [0.717, 1.165) is 5.56 Å². The number of fused-ring (bicyclic) bond motifs is 2. The summed E-state index contributed by atoms with van der Waals surface area (Å²) in [6, 6.07) is 29.8. The molecule has 1 amide bonds. The lowest BCUT2D eigenvalue weighted by Crippen LogP contribution is -2.51. The Labute approximate surface area is 249 Å². The zero-order chi connectivity index (χ0) is 30.1. The Bertz CT molecular complexity index is 1660. The van der Waals surface area contributed by atoms with Gasteiger partial charge in [-0.15, -0.1) is 0 Å². The highest BCUT2D eigenvalue weighted by Gasteiger charge is 2.73. The number of carbonyl (C=O) groups is 3. The largest absolute Gasteiger partial charge is 0.469 e. The van der Waals surface area contributed by atoms with Gasteiger partial charge >= 0.3 is 11.9 Å². The van der Waals surface area contributed by atoms with Crippen LogP contribution in [0.25, 0.3) is 0 Å². The second-order valence-electron chi connectivity index (χ2n) is 10.7. The highest BCUT2D eigenvalue weighted by Crippen LogP contribution is 2.62. The standard InChI is InChI=1S/C35H31FN2O5/c1-3-43-33(40)30-29(32(39)42-2)35(31(24-15-8-5-9-16-24)38(30)26-18-12-17-25(36)21-26)27-19-10-11-20-28(27)37(34(35)41)22-23-13-6-4-7-14-23/h4-21,29-31H,3,22H2,1-2H3/t29-,30-,31+,35+/m0/s1. The minimum absolute atomic E-state index is 0.0495. The van der Waals surface area contributed by atoms with Crippen molar-refractivity contribution in [3.05, 3.63) is 132 Å². The number of ether oxygens (including phenoxy) is 2. The van der Waals surface area contributed by atoms with Gasteiger partial charge in [-0.3, -0.25) is 9.59 Å².